The van der Waals surface area contributed by atoms with Crippen LogP contribution in [0.3, 0.4) is 0 Å². The first-order valence-corrected chi connectivity index (χ1v) is 13.9. The summed E-state index contributed by atoms with van der Waals surface area (Å²) in [5.74, 6) is 0.546. The number of hydrogen-bond acceptors (Lipinski definition) is 5. The molecule has 2 aliphatic heterocycles. The van der Waals surface area contributed by atoms with Crippen molar-refractivity contribution in [1.29, 1.82) is 0 Å². The van der Waals surface area contributed by atoms with Gasteiger partial charge >= 0.3 is 11.9 Å². The van der Waals surface area contributed by atoms with Crippen LogP contribution in [0.4, 0.5) is 5.69 Å². The summed E-state index contributed by atoms with van der Waals surface area (Å²) in [6, 6.07) is 18.2. The molecule has 198 valence electrons. The predicted octanol–water partition coefficient (Wildman–Crippen LogP) is 5.22. The van der Waals surface area contributed by atoms with Crippen molar-refractivity contribution >= 4 is 17.6 Å². The number of benzene rings is 2. The standard InChI is InChI=1S/C31H40N2O4/c1-22(34)37-29-10-6-9-28(29)31(2,25-7-4-3-5-8-25)26-15-17-32(18-16-26)19-23-20-33(21-23)27-13-11-24(12-14-27)30(35)36/h3-5,7-8,11-14,23,26,28-29H,6,9-10,15-21H2,1-2H3,(H,35,36)/t28-,29-,31?/m0/s1. The fraction of sp³-hybridized carbons (Fsp3) is 0.548. The smallest absolute Gasteiger partial charge is 0.335 e. The summed E-state index contributed by atoms with van der Waals surface area (Å²) in [5, 5.41) is 9.11. The molecule has 5 rings (SSSR count). The number of aromatic carboxylic acids is 1. The number of rotatable bonds is 8. The van der Waals surface area contributed by atoms with Crippen LogP contribution >= 0.6 is 0 Å². The molecule has 1 saturated carbocycles. The highest BCUT2D eigenvalue weighted by atomic mass is 16.5. The van der Waals surface area contributed by atoms with Crippen molar-refractivity contribution in [1.82, 2.24) is 4.90 Å². The molecule has 6 nitrogen and oxygen atoms in total. The van der Waals surface area contributed by atoms with Gasteiger partial charge in [0.15, 0.2) is 0 Å². The van der Waals surface area contributed by atoms with Gasteiger partial charge in [-0.05, 0) is 80.9 Å². The van der Waals surface area contributed by atoms with E-state index >= 15 is 0 Å². The summed E-state index contributed by atoms with van der Waals surface area (Å²) in [7, 11) is 0. The Morgan fingerprint density at radius 3 is 2.27 bits per heavy atom. The van der Waals surface area contributed by atoms with Crippen LogP contribution in [0.2, 0.25) is 0 Å². The van der Waals surface area contributed by atoms with E-state index in [1.165, 1.54) is 18.4 Å². The van der Waals surface area contributed by atoms with E-state index in [-0.39, 0.29) is 17.5 Å². The van der Waals surface area contributed by atoms with Crippen LogP contribution in [0, 0.1) is 17.8 Å². The van der Waals surface area contributed by atoms with E-state index < -0.39 is 5.97 Å². The molecule has 0 bridgehead atoms. The van der Waals surface area contributed by atoms with E-state index in [9.17, 15) is 9.59 Å². The summed E-state index contributed by atoms with van der Waals surface area (Å²) in [6.45, 7) is 9.39. The van der Waals surface area contributed by atoms with Gasteiger partial charge in [-0.1, -0.05) is 37.3 Å². The molecule has 2 aromatic rings. The van der Waals surface area contributed by atoms with Crippen LogP contribution in [0.25, 0.3) is 0 Å². The number of likely N-dealkylation sites (tertiary alicyclic amines) is 1. The maximum absolute atomic E-state index is 11.9. The number of carbonyl (C=O) groups excluding carboxylic acids is 1. The average molecular weight is 505 g/mol. The molecule has 1 N–H and O–H groups in total. The second-order valence-electron chi connectivity index (χ2n) is 11.5. The van der Waals surface area contributed by atoms with Gasteiger partial charge in [0.1, 0.15) is 6.10 Å². The lowest BCUT2D eigenvalue weighted by Gasteiger charge is -2.49. The topological polar surface area (TPSA) is 70.1 Å². The summed E-state index contributed by atoms with van der Waals surface area (Å²) in [6.07, 6.45) is 5.58. The van der Waals surface area contributed by atoms with Crippen molar-refractivity contribution in [3.8, 4) is 0 Å². The van der Waals surface area contributed by atoms with E-state index in [0.29, 0.717) is 23.3 Å². The van der Waals surface area contributed by atoms with Gasteiger partial charge < -0.3 is 19.6 Å². The third-order valence-electron chi connectivity index (χ3n) is 9.32. The molecule has 0 amide bonds. The van der Waals surface area contributed by atoms with Crippen molar-refractivity contribution in [3.05, 3.63) is 65.7 Å². The molecule has 6 heteroatoms. The van der Waals surface area contributed by atoms with Crippen molar-refractivity contribution in [2.75, 3.05) is 37.6 Å². The lowest BCUT2D eigenvalue weighted by atomic mass is 9.60. The first-order chi connectivity index (χ1) is 17.8. The van der Waals surface area contributed by atoms with Crippen LogP contribution in [-0.2, 0) is 14.9 Å². The number of esters is 1. The zero-order valence-corrected chi connectivity index (χ0v) is 22.1. The van der Waals surface area contributed by atoms with Gasteiger partial charge in [-0.2, -0.15) is 0 Å². The van der Waals surface area contributed by atoms with E-state index in [1.54, 1.807) is 19.1 Å². The number of ether oxygens (including phenoxy) is 1. The summed E-state index contributed by atoms with van der Waals surface area (Å²) >= 11 is 0. The van der Waals surface area contributed by atoms with E-state index in [0.717, 1.165) is 57.7 Å². The molecule has 2 saturated heterocycles. The Kier molecular flexibility index (Phi) is 7.57. The molecule has 3 atom stereocenters. The minimum atomic E-state index is -0.880. The highest BCUT2D eigenvalue weighted by Gasteiger charge is 2.49. The van der Waals surface area contributed by atoms with Crippen LogP contribution in [-0.4, -0.2) is 60.8 Å². The van der Waals surface area contributed by atoms with Gasteiger partial charge in [-0.25, -0.2) is 4.79 Å². The summed E-state index contributed by atoms with van der Waals surface area (Å²) < 4.78 is 5.86. The molecule has 0 aromatic heterocycles. The van der Waals surface area contributed by atoms with Gasteiger partial charge in [-0.3, -0.25) is 4.79 Å². The van der Waals surface area contributed by atoms with E-state index in [1.807, 2.05) is 12.1 Å². The molecule has 2 aromatic carbocycles. The van der Waals surface area contributed by atoms with Gasteiger partial charge in [0.2, 0.25) is 0 Å². The monoisotopic (exact) mass is 504 g/mol. The number of carboxylic acids is 1. The summed E-state index contributed by atoms with van der Waals surface area (Å²) in [4.78, 5) is 27.9. The molecule has 3 fully saturated rings. The molecule has 2 heterocycles. The number of anilines is 1. The second kappa shape index (κ2) is 10.9. The number of piperidine rings is 1. The molecule has 0 radical (unpaired) electrons. The average Bonchev–Trinajstić information content (AvgIpc) is 3.34. The number of carboxylic acid groups (broad SMARTS) is 1. The minimum absolute atomic E-state index is 0.000645. The molecule has 0 spiro atoms. The molecule has 37 heavy (non-hydrogen) atoms. The Balaban J connectivity index is 1.19. The lowest BCUT2D eigenvalue weighted by Crippen LogP contribution is -2.54. The Morgan fingerprint density at radius 1 is 0.973 bits per heavy atom. The molecular weight excluding hydrogens is 464 g/mol. The Bertz CT molecular complexity index is 1070. The first kappa shape index (κ1) is 25.8. The second-order valence-corrected chi connectivity index (χ2v) is 11.5. The zero-order chi connectivity index (χ0) is 26.0. The van der Waals surface area contributed by atoms with Gasteiger partial charge in [0.05, 0.1) is 5.56 Å². The normalized spacial score (nSPS) is 24.9. The molecular formula is C31H40N2O4. The van der Waals surface area contributed by atoms with Crippen molar-refractivity contribution in [3.63, 3.8) is 0 Å². The quantitative estimate of drug-likeness (QED) is 0.497. The molecule has 1 aliphatic carbocycles. The number of nitrogens with zero attached hydrogens (tertiary/aromatic N) is 2. The fourth-order valence-electron chi connectivity index (χ4n) is 7.31. The van der Waals surface area contributed by atoms with Crippen LogP contribution in [0.5, 0.6) is 0 Å². The highest BCUT2D eigenvalue weighted by molar-refractivity contribution is 5.88. The lowest BCUT2D eigenvalue weighted by molar-refractivity contribution is -0.150. The Morgan fingerprint density at radius 2 is 1.65 bits per heavy atom. The van der Waals surface area contributed by atoms with Crippen molar-refractivity contribution in [2.45, 2.75) is 57.5 Å². The number of hydrogen-bond donors (Lipinski definition) is 1. The first-order valence-electron chi connectivity index (χ1n) is 13.9. The van der Waals surface area contributed by atoms with Crippen molar-refractivity contribution in [2.24, 2.45) is 17.8 Å². The third kappa shape index (κ3) is 5.40. The Hall–Kier alpha value is -2.86. The zero-order valence-electron chi connectivity index (χ0n) is 22.1. The number of carbonyl (C=O) groups is 2. The van der Waals surface area contributed by atoms with E-state index in [4.69, 9.17) is 9.84 Å². The SMILES string of the molecule is CC(=O)O[C@H]1CCC[C@@H]1C(C)(c1ccccc1)C1CCN(CC2CN(c3ccc(C(=O)O)cc3)C2)CC1. The highest BCUT2D eigenvalue weighted by Crippen LogP contribution is 2.51. The maximum atomic E-state index is 11.9. The molecule has 3 aliphatic rings. The van der Waals surface area contributed by atoms with Crippen LogP contribution in [0.1, 0.15) is 61.9 Å². The van der Waals surface area contributed by atoms with Gasteiger partial charge in [0.25, 0.3) is 0 Å². The largest absolute Gasteiger partial charge is 0.478 e. The predicted molar refractivity (Wildman–Crippen MR) is 145 cm³/mol. The van der Waals surface area contributed by atoms with Crippen LogP contribution < -0.4 is 4.90 Å². The van der Waals surface area contributed by atoms with Crippen LogP contribution in [0.15, 0.2) is 54.6 Å². The summed E-state index contributed by atoms with van der Waals surface area (Å²) in [5.41, 5.74) is 2.83. The third-order valence-corrected chi connectivity index (χ3v) is 9.32. The van der Waals surface area contributed by atoms with Crippen molar-refractivity contribution < 1.29 is 19.4 Å². The Labute approximate surface area is 220 Å². The molecule has 1 unspecified atom stereocenters. The van der Waals surface area contributed by atoms with E-state index in [2.05, 4.69) is 47.1 Å². The minimum Gasteiger partial charge on any atom is -0.478 e. The maximum Gasteiger partial charge on any atom is 0.335 e. The fourth-order valence-corrected chi connectivity index (χ4v) is 7.31. The van der Waals surface area contributed by atoms with Gasteiger partial charge in [-0.15, -0.1) is 0 Å². The van der Waals surface area contributed by atoms with Gasteiger partial charge in [0, 0.05) is 49.5 Å².